The summed E-state index contributed by atoms with van der Waals surface area (Å²) in [4.78, 5) is 8.29. The van der Waals surface area contributed by atoms with Crippen LogP contribution in [0.2, 0.25) is 0 Å². The fourth-order valence-corrected chi connectivity index (χ4v) is 2.03. The maximum Gasteiger partial charge on any atom is 0.115 e. The molecule has 2 heterocycles. The second kappa shape index (κ2) is 4.51. The molecular formula is C11H17N3. The molecule has 0 bridgehead atoms. The Balaban J connectivity index is 1.99. The van der Waals surface area contributed by atoms with Gasteiger partial charge in [0.1, 0.15) is 6.33 Å². The highest BCUT2D eigenvalue weighted by Gasteiger charge is 2.14. The summed E-state index contributed by atoms with van der Waals surface area (Å²) in [7, 11) is 0. The fourth-order valence-electron chi connectivity index (χ4n) is 2.03. The fraction of sp³-hybridized carbons (Fsp3) is 0.636. The molecule has 3 nitrogen and oxygen atoms in total. The molecule has 0 aromatic carbocycles. The molecule has 76 valence electrons. The molecule has 1 fully saturated rings. The summed E-state index contributed by atoms with van der Waals surface area (Å²) >= 11 is 0. The van der Waals surface area contributed by atoms with Gasteiger partial charge in [-0.25, -0.2) is 9.97 Å². The molecule has 1 unspecified atom stereocenters. The zero-order valence-corrected chi connectivity index (χ0v) is 8.66. The van der Waals surface area contributed by atoms with Crippen molar-refractivity contribution in [3.8, 4) is 0 Å². The largest absolute Gasteiger partial charge is 0.316 e. The van der Waals surface area contributed by atoms with Crippen LogP contribution in [0, 0.1) is 12.8 Å². The molecular weight excluding hydrogens is 174 g/mol. The van der Waals surface area contributed by atoms with Gasteiger partial charge in [-0.15, -0.1) is 0 Å². The molecule has 0 spiro atoms. The van der Waals surface area contributed by atoms with Crippen molar-refractivity contribution in [3.63, 3.8) is 0 Å². The summed E-state index contributed by atoms with van der Waals surface area (Å²) in [6.07, 6.45) is 7.34. The molecule has 1 aliphatic heterocycles. The van der Waals surface area contributed by atoms with Gasteiger partial charge in [0.05, 0.1) is 0 Å². The summed E-state index contributed by atoms with van der Waals surface area (Å²) in [6, 6.07) is 0. The van der Waals surface area contributed by atoms with Crippen molar-refractivity contribution in [2.75, 3.05) is 13.1 Å². The maximum atomic E-state index is 4.21. The number of rotatable bonds is 2. The summed E-state index contributed by atoms with van der Waals surface area (Å²) in [5.74, 6) is 0.772. The normalized spacial score (nSPS) is 22.2. The van der Waals surface area contributed by atoms with E-state index >= 15 is 0 Å². The second-order valence-corrected chi connectivity index (χ2v) is 4.05. The minimum Gasteiger partial charge on any atom is -0.316 e. The highest BCUT2D eigenvalue weighted by Crippen LogP contribution is 2.16. The van der Waals surface area contributed by atoms with Gasteiger partial charge in [-0.05, 0) is 50.8 Å². The zero-order valence-electron chi connectivity index (χ0n) is 8.66. The van der Waals surface area contributed by atoms with E-state index in [4.69, 9.17) is 0 Å². The predicted molar refractivity (Wildman–Crippen MR) is 56.1 cm³/mol. The minimum atomic E-state index is 0.772. The van der Waals surface area contributed by atoms with E-state index in [0.29, 0.717) is 0 Å². The first kappa shape index (κ1) is 9.59. The van der Waals surface area contributed by atoms with Gasteiger partial charge in [-0.3, -0.25) is 0 Å². The van der Waals surface area contributed by atoms with E-state index in [9.17, 15) is 0 Å². The molecule has 1 aromatic rings. The standard InChI is InChI=1S/C11H17N3/c1-9-11(7-13-8-14-9)5-10-3-2-4-12-6-10/h7-8,10,12H,2-6H2,1H3. The van der Waals surface area contributed by atoms with Crippen molar-refractivity contribution in [2.24, 2.45) is 5.92 Å². The van der Waals surface area contributed by atoms with Gasteiger partial charge in [0, 0.05) is 11.9 Å². The van der Waals surface area contributed by atoms with Crippen LogP contribution >= 0.6 is 0 Å². The lowest BCUT2D eigenvalue weighted by Gasteiger charge is -2.22. The van der Waals surface area contributed by atoms with Gasteiger partial charge in [-0.2, -0.15) is 0 Å². The SMILES string of the molecule is Cc1ncncc1CC1CCCNC1. The number of piperidine rings is 1. The number of nitrogens with one attached hydrogen (secondary N) is 1. The summed E-state index contributed by atoms with van der Waals surface area (Å²) in [6.45, 7) is 4.39. The Morgan fingerprint density at radius 3 is 3.21 bits per heavy atom. The van der Waals surface area contributed by atoms with E-state index in [2.05, 4.69) is 22.2 Å². The molecule has 0 aliphatic carbocycles. The van der Waals surface area contributed by atoms with Crippen LogP contribution in [0.3, 0.4) is 0 Å². The molecule has 3 heteroatoms. The monoisotopic (exact) mass is 191 g/mol. The maximum absolute atomic E-state index is 4.21. The molecule has 1 atom stereocenters. The second-order valence-electron chi connectivity index (χ2n) is 4.05. The summed E-state index contributed by atoms with van der Waals surface area (Å²) in [5.41, 5.74) is 2.44. The van der Waals surface area contributed by atoms with Crippen LogP contribution in [0.25, 0.3) is 0 Å². The lowest BCUT2D eigenvalue weighted by atomic mass is 9.92. The molecule has 1 aromatic heterocycles. The van der Waals surface area contributed by atoms with Gasteiger partial charge in [0.2, 0.25) is 0 Å². The van der Waals surface area contributed by atoms with E-state index in [1.807, 2.05) is 6.20 Å². The molecule has 0 radical (unpaired) electrons. The van der Waals surface area contributed by atoms with Gasteiger partial charge in [0.25, 0.3) is 0 Å². The van der Waals surface area contributed by atoms with E-state index < -0.39 is 0 Å². The van der Waals surface area contributed by atoms with Crippen LogP contribution in [-0.2, 0) is 6.42 Å². The highest BCUT2D eigenvalue weighted by molar-refractivity contribution is 5.14. The first-order chi connectivity index (χ1) is 6.86. The molecule has 2 rings (SSSR count). The number of nitrogens with zero attached hydrogens (tertiary/aromatic N) is 2. The van der Waals surface area contributed by atoms with E-state index in [0.717, 1.165) is 24.6 Å². The molecule has 1 aliphatic rings. The average molecular weight is 191 g/mol. The average Bonchev–Trinajstić information content (AvgIpc) is 2.23. The van der Waals surface area contributed by atoms with Crippen LogP contribution in [0.15, 0.2) is 12.5 Å². The molecule has 1 N–H and O–H groups in total. The van der Waals surface area contributed by atoms with E-state index in [1.54, 1.807) is 6.33 Å². The molecule has 14 heavy (non-hydrogen) atoms. The third-order valence-electron chi connectivity index (χ3n) is 2.92. The Morgan fingerprint density at radius 1 is 1.57 bits per heavy atom. The van der Waals surface area contributed by atoms with Crippen LogP contribution in [0.4, 0.5) is 0 Å². The van der Waals surface area contributed by atoms with Gasteiger partial charge < -0.3 is 5.32 Å². The minimum absolute atomic E-state index is 0.772. The Morgan fingerprint density at radius 2 is 2.50 bits per heavy atom. The molecule has 0 amide bonds. The molecule has 1 saturated heterocycles. The lowest BCUT2D eigenvalue weighted by molar-refractivity contribution is 0.375. The smallest absolute Gasteiger partial charge is 0.115 e. The van der Waals surface area contributed by atoms with Crippen LogP contribution in [0.5, 0.6) is 0 Å². The third kappa shape index (κ3) is 2.29. The van der Waals surface area contributed by atoms with Crippen molar-refractivity contribution < 1.29 is 0 Å². The Labute approximate surface area is 85.0 Å². The van der Waals surface area contributed by atoms with Gasteiger partial charge in [0.15, 0.2) is 0 Å². The van der Waals surface area contributed by atoms with Crippen molar-refractivity contribution in [1.82, 2.24) is 15.3 Å². The van der Waals surface area contributed by atoms with Crippen molar-refractivity contribution in [2.45, 2.75) is 26.2 Å². The quantitative estimate of drug-likeness (QED) is 0.766. The predicted octanol–water partition coefficient (Wildman–Crippen LogP) is 1.33. The number of hydrogen-bond acceptors (Lipinski definition) is 3. The van der Waals surface area contributed by atoms with Crippen LogP contribution in [-0.4, -0.2) is 23.1 Å². The van der Waals surface area contributed by atoms with Crippen LogP contribution < -0.4 is 5.32 Å². The van der Waals surface area contributed by atoms with Gasteiger partial charge in [-0.1, -0.05) is 0 Å². The Bertz CT molecular complexity index is 292. The van der Waals surface area contributed by atoms with E-state index in [1.165, 1.54) is 24.9 Å². The Hall–Kier alpha value is -0.960. The lowest BCUT2D eigenvalue weighted by Crippen LogP contribution is -2.31. The molecule has 0 saturated carbocycles. The van der Waals surface area contributed by atoms with Gasteiger partial charge >= 0.3 is 0 Å². The highest BCUT2D eigenvalue weighted by atomic mass is 14.9. The summed E-state index contributed by atoms with van der Waals surface area (Å²) < 4.78 is 0. The summed E-state index contributed by atoms with van der Waals surface area (Å²) in [5, 5.41) is 3.43. The third-order valence-corrected chi connectivity index (χ3v) is 2.92. The topological polar surface area (TPSA) is 37.8 Å². The Kier molecular flexibility index (Phi) is 3.09. The first-order valence-electron chi connectivity index (χ1n) is 5.32. The van der Waals surface area contributed by atoms with E-state index in [-0.39, 0.29) is 0 Å². The number of hydrogen-bond donors (Lipinski definition) is 1. The number of aromatic nitrogens is 2. The first-order valence-corrected chi connectivity index (χ1v) is 5.32. The number of aryl methyl sites for hydroxylation is 1. The van der Waals surface area contributed by atoms with Crippen LogP contribution in [0.1, 0.15) is 24.1 Å². The zero-order chi connectivity index (χ0) is 9.80. The van der Waals surface area contributed by atoms with Crippen molar-refractivity contribution in [1.29, 1.82) is 0 Å². The van der Waals surface area contributed by atoms with Crippen molar-refractivity contribution >= 4 is 0 Å². The van der Waals surface area contributed by atoms with Crippen molar-refractivity contribution in [3.05, 3.63) is 23.8 Å².